The van der Waals surface area contributed by atoms with Gasteiger partial charge in [-0.3, -0.25) is 24.0 Å². The minimum Gasteiger partial charge on any atom is -0.481 e. The van der Waals surface area contributed by atoms with Crippen LogP contribution in [-0.4, -0.2) is 82.5 Å². The standard InChI is InChI=1S/C16H27N5O8S/c1-30-5-4-9(16(28)29)20-15(27)10(6-13(24)25)21-14(26)8(2-3-11(18)22)19-12(23)7-17/h8-10H,2-7,17H2,1H3,(H2,18,22)(H,19,23)(H,20,27)(H,21,26)(H,24,25)(H,28,29). The van der Waals surface area contributed by atoms with Gasteiger partial charge >= 0.3 is 11.9 Å². The lowest BCUT2D eigenvalue weighted by Gasteiger charge is -2.23. The van der Waals surface area contributed by atoms with Crippen molar-refractivity contribution in [1.82, 2.24) is 16.0 Å². The predicted octanol–water partition coefficient (Wildman–Crippen LogP) is -3.02. The van der Waals surface area contributed by atoms with Gasteiger partial charge in [-0.1, -0.05) is 0 Å². The molecule has 3 atom stereocenters. The molecule has 0 fully saturated rings. The first kappa shape index (κ1) is 27.1. The molecule has 0 heterocycles. The molecule has 13 nitrogen and oxygen atoms in total. The highest BCUT2D eigenvalue weighted by Crippen LogP contribution is 2.04. The van der Waals surface area contributed by atoms with Gasteiger partial charge in [-0.25, -0.2) is 4.79 Å². The van der Waals surface area contributed by atoms with E-state index in [1.165, 1.54) is 11.8 Å². The van der Waals surface area contributed by atoms with Gasteiger partial charge in [0.25, 0.3) is 0 Å². The maximum atomic E-state index is 12.5. The summed E-state index contributed by atoms with van der Waals surface area (Å²) in [6, 6.07) is -4.19. The minimum absolute atomic E-state index is 0.0871. The number of nitrogens with one attached hydrogen (secondary N) is 3. The van der Waals surface area contributed by atoms with Gasteiger partial charge in [0.2, 0.25) is 23.6 Å². The zero-order valence-corrected chi connectivity index (χ0v) is 17.2. The van der Waals surface area contributed by atoms with Crippen molar-refractivity contribution in [2.24, 2.45) is 11.5 Å². The van der Waals surface area contributed by atoms with Crippen LogP contribution in [0.1, 0.15) is 25.7 Å². The lowest BCUT2D eigenvalue weighted by atomic mass is 10.1. The Bertz CT molecular complexity index is 660. The number of aliphatic carboxylic acids is 2. The van der Waals surface area contributed by atoms with Crippen LogP contribution < -0.4 is 27.4 Å². The molecule has 0 saturated carbocycles. The Morgan fingerprint density at radius 1 is 0.900 bits per heavy atom. The van der Waals surface area contributed by atoms with E-state index in [9.17, 15) is 33.9 Å². The predicted molar refractivity (Wildman–Crippen MR) is 106 cm³/mol. The maximum Gasteiger partial charge on any atom is 0.326 e. The lowest BCUT2D eigenvalue weighted by Crippen LogP contribution is -2.56. The molecular weight excluding hydrogens is 422 g/mol. The average molecular weight is 449 g/mol. The number of nitrogens with two attached hydrogens (primary N) is 2. The van der Waals surface area contributed by atoms with Crippen LogP contribution in [0.3, 0.4) is 0 Å². The Labute approximate surface area is 176 Å². The molecule has 0 radical (unpaired) electrons. The first-order chi connectivity index (χ1) is 14.0. The molecular formula is C16H27N5O8S. The summed E-state index contributed by atoms with van der Waals surface area (Å²) in [7, 11) is 0. The topological polar surface area (TPSA) is 231 Å². The Morgan fingerprint density at radius 2 is 1.47 bits per heavy atom. The SMILES string of the molecule is CSCCC(NC(=O)C(CC(=O)O)NC(=O)C(CCC(N)=O)NC(=O)CN)C(=O)O. The minimum atomic E-state index is -1.61. The van der Waals surface area contributed by atoms with Crippen LogP contribution in [0.5, 0.6) is 0 Å². The van der Waals surface area contributed by atoms with Gasteiger partial charge in [0, 0.05) is 6.42 Å². The van der Waals surface area contributed by atoms with Crippen molar-refractivity contribution in [1.29, 1.82) is 0 Å². The number of amides is 4. The molecule has 3 unspecified atom stereocenters. The summed E-state index contributed by atoms with van der Waals surface area (Å²) in [5, 5.41) is 24.8. The molecule has 0 aliphatic heterocycles. The van der Waals surface area contributed by atoms with E-state index in [1.54, 1.807) is 6.26 Å². The van der Waals surface area contributed by atoms with E-state index >= 15 is 0 Å². The number of carbonyl (C=O) groups excluding carboxylic acids is 4. The maximum absolute atomic E-state index is 12.5. The molecule has 9 N–H and O–H groups in total. The molecule has 0 saturated heterocycles. The largest absolute Gasteiger partial charge is 0.481 e. The monoisotopic (exact) mass is 449 g/mol. The van der Waals surface area contributed by atoms with Gasteiger partial charge in [0.1, 0.15) is 18.1 Å². The molecule has 14 heteroatoms. The second-order valence-electron chi connectivity index (χ2n) is 6.17. The van der Waals surface area contributed by atoms with E-state index in [2.05, 4.69) is 16.0 Å². The summed E-state index contributed by atoms with van der Waals surface area (Å²) in [6.07, 6.45) is 0.522. The number of carboxylic acid groups (broad SMARTS) is 2. The molecule has 0 spiro atoms. The summed E-state index contributed by atoms with van der Waals surface area (Å²) in [4.78, 5) is 69.8. The third-order valence-electron chi connectivity index (χ3n) is 3.75. The number of rotatable bonds is 15. The van der Waals surface area contributed by atoms with Crippen LogP contribution in [0.4, 0.5) is 0 Å². The van der Waals surface area contributed by atoms with Crippen molar-refractivity contribution in [3.63, 3.8) is 0 Å². The summed E-state index contributed by atoms with van der Waals surface area (Å²) < 4.78 is 0. The van der Waals surface area contributed by atoms with Crippen molar-refractivity contribution in [3.8, 4) is 0 Å². The van der Waals surface area contributed by atoms with E-state index in [1.807, 2.05) is 0 Å². The average Bonchev–Trinajstić information content (AvgIpc) is 2.66. The molecule has 0 aromatic carbocycles. The first-order valence-corrected chi connectivity index (χ1v) is 10.2. The summed E-state index contributed by atoms with van der Waals surface area (Å²) >= 11 is 1.36. The van der Waals surface area contributed by atoms with Gasteiger partial charge in [-0.05, 0) is 24.9 Å². The van der Waals surface area contributed by atoms with Crippen LogP contribution in [-0.2, 0) is 28.8 Å². The van der Waals surface area contributed by atoms with Gasteiger partial charge in [0.15, 0.2) is 0 Å². The number of primary amides is 1. The van der Waals surface area contributed by atoms with Crippen LogP contribution in [0, 0.1) is 0 Å². The highest BCUT2D eigenvalue weighted by molar-refractivity contribution is 7.98. The van der Waals surface area contributed by atoms with E-state index in [4.69, 9.17) is 16.6 Å². The first-order valence-electron chi connectivity index (χ1n) is 8.83. The second-order valence-corrected chi connectivity index (χ2v) is 7.15. The zero-order valence-electron chi connectivity index (χ0n) is 16.4. The number of carboxylic acids is 2. The van der Waals surface area contributed by atoms with Gasteiger partial charge in [0.05, 0.1) is 13.0 Å². The second kappa shape index (κ2) is 14.2. The fraction of sp³-hybridized carbons (Fsp3) is 0.625. The zero-order chi connectivity index (χ0) is 23.3. The van der Waals surface area contributed by atoms with Gasteiger partial charge in [-0.15, -0.1) is 0 Å². The fourth-order valence-corrected chi connectivity index (χ4v) is 2.70. The smallest absolute Gasteiger partial charge is 0.326 e. The molecule has 0 aliphatic rings. The molecule has 30 heavy (non-hydrogen) atoms. The van der Waals surface area contributed by atoms with Crippen LogP contribution in [0.2, 0.25) is 0 Å². The summed E-state index contributed by atoms with van der Waals surface area (Å²) in [5.74, 6) is -5.74. The molecule has 0 rings (SSSR count). The van der Waals surface area contributed by atoms with Crippen LogP contribution in [0.15, 0.2) is 0 Å². The Balaban J connectivity index is 5.36. The molecule has 170 valence electrons. The van der Waals surface area contributed by atoms with Crippen molar-refractivity contribution in [2.45, 2.75) is 43.8 Å². The highest BCUT2D eigenvalue weighted by Gasteiger charge is 2.30. The van der Waals surface area contributed by atoms with Crippen molar-refractivity contribution >= 4 is 47.3 Å². The number of carbonyl (C=O) groups is 6. The number of hydrogen-bond donors (Lipinski definition) is 7. The van der Waals surface area contributed by atoms with Gasteiger partial charge in [-0.2, -0.15) is 11.8 Å². The van der Waals surface area contributed by atoms with E-state index in [0.717, 1.165) is 0 Å². The third-order valence-corrected chi connectivity index (χ3v) is 4.40. The Morgan fingerprint density at radius 3 is 1.93 bits per heavy atom. The quantitative estimate of drug-likeness (QED) is 0.134. The highest BCUT2D eigenvalue weighted by atomic mass is 32.2. The van der Waals surface area contributed by atoms with E-state index in [-0.39, 0.29) is 19.3 Å². The van der Waals surface area contributed by atoms with Crippen molar-refractivity contribution in [3.05, 3.63) is 0 Å². The molecule has 4 amide bonds. The fourth-order valence-electron chi connectivity index (χ4n) is 2.23. The van der Waals surface area contributed by atoms with Crippen molar-refractivity contribution < 1.29 is 39.0 Å². The Kier molecular flexibility index (Phi) is 12.8. The van der Waals surface area contributed by atoms with E-state index < -0.39 is 66.7 Å². The normalized spacial score (nSPS) is 13.4. The molecule has 0 aromatic rings. The number of hydrogen-bond acceptors (Lipinski definition) is 8. The molecule has 0 aliphatic carbocycles. The van der Waals surface area contributed by atoms with E-state index in [0.29, 0.717) is 5.75 Å². The van der Waals surface area contributed by atoms with Crippen LogP contribution >= 0.6 is 11.8 Å². The van der Waals surface area contributed by atoms with Crippen molar-refractivity contribution in [2.75, 3.05) is 18.6 Å². The third kappa shape index (κ3) is 11.2. The molecule has 0 aromatic heterocycles. The molecule has 0 bridgehead atoms. The van der Waals surface area contributed by atoms with Gasteiger partial charge < -0.3 is 37.6 Å². The number of thioether (sulfide) groups is 1. The summed E-state index contributed by atoms with van der Waals surface area (Å²) in [5.41, 5.74) is 10.2. The van der Waals surface area contributed by atoms with Crippen LogP contribution in [0.25, 0.3) is 0 Å². The Hall–Kier alpha value is -2.87. The summed E-state index contributed by atoms with van der Waals surface area (Å²) in [6.45, 7) is -0.449. The lowest BCUT2D eigenvalue weighted by molar-refractivity contribution is -0.143.